The Labute approximate surface area is 126 Å². The zero-order chi connectivity index (χ0) is 15.2. The Morgan fingerprint density at radius 2 is 1.95 bits per heavy atom. The molecule has 5 heteroatoms. The molecule has 114 valence electrons. The van der Waals surface area contributed by atoms with Crippen LogP contribution in [0.5, 0.6) is 0 Å². The minimum absolute atomic E-state index is 0.316. The normalized spacial score (nSPS) is 11.5. The van der Waals surface area contributed by atoms with Gasteiger partial charge in [0.05, 0.1) is 5.52 Å². The van der Waals surface area contributed by atoms with Crippen LogP contribution in [0.1, 0.15) is 26.7 Å². The minimum atomic E-state index is 0.316. The van der Waals surface area contributed by atoms with Crippen LogP contribution < -0.4 is 11.1 Å². The first-order valence-electron chi connectivity index (χ1n) is 7.54. The van der Waals surface area contributed by atoms with Crippen LogP contribution in [0, 0.1) is 0 Å². The predicted molar refractivity (Wildman–Crippen MR) is 89.4 cm³/mol. The zero-order valence-corrected chi connectivity index (χ0v) is 13.1. The van der Waals surface area contributed by atoms with Crippen molar-refractivity contribution in [3.8, 4) is 0 Å². The predicted octanol–water partition coefficient (Wildman–Crippen LogP) is 2.74. The third-order valence-corrected chi connectivity index (χ3v) is 3.73. The van der Waals surface area contributed by atoms with Gasteiger partial charge in [0.1, 0.15) is 5.82 Å². The van der Waals surface area contributed by atoms with Crippen molar-refractivity contribution in [1.82, 2.24) is 14.9 Å². The lowest BCUT2D eigenvalue weighted by Gasteiger charge is -2.20. The van der Waals surface area contributed by atoms with Crippen LogP contribution in [0.15, 0.2) is 24.3 Å². The van der Waals surface area contributed by atoms with E-state index in [1.165, 1.54) is 6.42 Å². The monoisotopic (exact) mass is 287 g/mol. The van der Waals surface area contributed by atoms with Crippen molar-refractivity contribution in [2.45, 2.75) is 32.7 Å². The van der Waals surface area contributed by atoms with Crippen molar-refractivity contribution in [2.24, 2.45) is 0 Å². The standard InChI is InChI=1S/C16H25N5/c1-12(2)21(3)11-7-6-10-18-15-13-8-4-5-9-14(13)19-16(17)20-15/h4-5,8-9,12H,6-7,10-11H2,1-3H3,(H3,17,18,19,20). The summed E-state index contributed by atoms with van der Waals surface area (Å²) in [6, 6.07) is 8.52. The second-order valence-electron chi connectivity index (χ2n) is 5.66. The highest BCUT2D eigenvalue weighted by atomic mass is 15.1. The Morgan fingerprint density at radius 3 is 2.71 bits per heavy atom. The van der Waals surface area contributed by atoms with Gasteiger partial charge in [0.15, 0.2) is 0 Å². The Bertz CT molecular complexity index is 582. The molecule has 1 heterocycles. The molecule has 0 unspecified atom stereocenters. The first kappa shape index (κ1) is 15.5. The van der Waals surface area contributed by atoms with Crippen molar-refractivity contribution in [3.05, 3.63) is 24.3 Å². The quantitative estimate of drug-likeness (QED) is 0.766. The van der Waals surface area contributed by atoms with E-state index in [9.17, 15) is 0 Å². The largest absolute Gasteiger partial charge is 0.369 e. The maximum atomic E-state index is 5.76. The van der Waals surface area contributed by atoms with E-state index in [0.29, 0.717) is 12.0 Å². The summed E-state index contributed by atoms with van der Waals surface area (Å²) < 4.78 is 0. The molecular weight excluding hydrogens is 262 g/mol. The second kappa shape index (κ2) is 7.22. The van der Waals surface area contributed by atoms with Crippen LogP contribution >= 0.6 is 0 Å². The lowest BCUT2D eigenvalue weighted by atomic mass is 10.2. The number of nitrogen functional groups attached to an aromatic ring is 1. The molecule has 0 atom stereocenters. The maximum absolute atomic E-state index is 5.76. The Kier molecular flexibility index (Phi) is 5.33. The van der Waals surface area contributed by atoms with Crippen LogP contribution in [-0.4, -0.2) is 41.0 Å². The first-order valence-corrected chi connectivity index (χ1v) is 7.54. The number of benzene rings is 1. The summed E-state index contributed by atoms with van der Waals surface area (Å²) in [5, 5.41) is 4.40. The summed E-state index contributed by atoms with van der Waals surface area (Å²) in [4.78, 5) is 10.9. The van der Waals surface area contributed by atoms with Gasteiger partial charge in [0.2, 0.25) is 5.95 Å². The number of hydrogen-bond donors (Lipinski definition) is 2. The van der Waals surface area contributed by atoms with Gasteiger partial charge < -0.3 is 16.0 Å². The molecule has 5 nitrogen and oxygen atoms in total. The van der Waals surface area contributed by atoms with Crippen LogP contribution in [0.3, 0.4) is 0 Å². The molecule has 0 bridgehead atoms. The van der Waals surface area contributed by atoms with E-state index in [4.69, 9.17) is 5.73 Å². The van der Waals surface area contributed by atoms with E-state index in [1.807, 2.05) is 24.3 Å². The third-order valence-electron chi connectivity index (χ3n) is 3.73. The Morgan fingerprint density at radius 1 is 1.19 bits per heavy atom. The molecule has 2 rings (SSSR count). The molecule has 2 aromatic rings. The number of nitrogens with zero attached hydrogens (tertiary/aromatic N) is 3. The van der Waals surface area contributed by atoms with E-state index >= 15 is 0 Å². The van der Waals surface area contributed by atoms with Crippen molar-refractivity contribution >= 4 is 22.7 Å². The van der Waals surface area contributed by atoms with E-state index in [2.05, 4.69) is 41.1 Å². The number of fused-ring (bicyclic) bond motifs is 1. The van der Waals surface area contributed by atoms with Crippen LogP contribution in [-0.2, 0) is 0 Å². The highest BCUT2D eigenvalue weighted by Gasteiger charge is 2.05. The topological polar surface area (TPSA) is 67.1 Å². The van der Waals surface area contributed by atoms with Crippen molar-refractivity contribution < 1.29 is 0 Å². The van der Waals surface area contributed by atoms with E-state index in [-0.39, 0.29) is 0 Å². The lowest BCUT2D eigenvalue weighted by Crippen LogP contribution is -2.27. The van der Waals surface area contributed by atoms with Gasteiger partial charge in [-0.3, -0.25) is 0 Å². The molecule has 0 amide bonds. The van der Waals surface area contributed by atoms with Gasteiger partial charge in [-0.25, -0.2) is 4.98 Å². The molecule has 0 fully saturated rings. The van der Waals surface area contributed by atoms with Gasteiger partial charge in [0.25, 0.3) is 0 Å². The van der Waals surface area contributed by atoms with Crippen LogP contribution in [0.4, 0.5) is 11.8 Å². The summed E-state index contributed by atoms with van der Waals surface area (Å²) >= 11 is 0. The van der Waals surface area contributed by atoms with E-state index < -0.39 is 0 Å². The molecule has 3 N–H and O–H groups in total. The van der Waals surface area contributed by atoms with Gasteiger partial charge in [-0.05, 0) is 52.4 Å². The maximum Gasteiger partial charge on any atom is 0.222 e. The molecule has 1 aromatic carbocycles. The smallest absolute Gasteiger partial charge is 0.222 e. The lowest BCUT2D eigenvalue weighted by molar-refractivity contribution is 0.269. The number of nitrogens with two attached hydrogens (primary N) is 1. The number of para-hydroxylation sites is 1. The van der Waals surface area contributed by atoms with E-state index in [1.54, 1.807) is 0 Å². The molecule has 0 aliphatic rings. The Balaban J connectivity index is 1.89. The molecule has 0 spiro atoms. The van der Waals surface area contributed by atoms with Gasteiger partial charge in [-0.2, -0.15) is 4.98 Å². The molecule has 0 aliphatic carbocycles. The summed E-state index contributed by atoms with van der Waals surface area (Å²) in [5.74, 6) is 1.14. The Hall–Kier alpha value is -1.88. The summed E-state index contributed by atoms with van der Waals surface area (Å²) in [7, 11) is 2.16. The van der Waals surface area contributed by atoms with Crippen LogP contribution in [0.2, 0.25) is 0 Å². The number of nitrogens with one attached hydrogen (secondary N) is 1. The SMILES string of the molecule is CC(C)N(C)CCCCNc1nc(N)nc2ccccc12. The van der Waals surface area contributed by atoms with Crippen molar-refractivity contribution in [1.29, 1.82) is 0 Å². The van der Waals surface area contributed by atoms with Crippen LogP contribution in [0.25, 0.3) is 10.9 Å². The van der Waals surface area contributed by atoms with Gasteiger partial charge in [0, 0.05) is 18.0 Å². The number of aromatic nitrogens is 2. The van der Waals surface area contributed by atoms with Crippen molar-refractivity contribution in [3.63, 3.8) is 0 Å². The molecule has 0 radical (unpaired) electrons. The summed E-state index contributed by atoms with van der Waals surface area (Å²) in [5.41, 5.74) is 6.64. The fraction of sp³-hybridized carbons (Fsp3) is 0.500. The molecule has 1 aromatic heterocycles. The number of hydrogen-bond acceptors (Lipinski definition) is 5. The molecule has 0 saturated carbocycles. The van der Waals surface area contributed by atoms with Crippen molar-refractivity contribution in [2.75, 3.05) is 31.2 Å². The number of unbranched alkanes of at least 4 members (excludes halogenated alkanes) is 1. The third kappa shape index (κ3) is 4.29. The molecule has 0 saturated heterocycles. The molecule has 0 aliphatic heterocycles. The first-order chi connectivity index (χ1) is 10.1. The zero-order valence-electron chi connectivity index (χ0n) is 13.1. The van der Waals surface area contributed by atoms with Gasteiger partial charge >= 0.3 is 0 Å². The van der Waals surface area contributed by atoms with Gasteiger partial charge in [-0.1, -0.05) is 12.1 Å². The fourth-order valence-corrected chi connectivity index (χ4v) is 2.18. The number of anilines is 2. The van der Waals surface area contributed by atoms with E-state index in [0.717, 1.165) is 36.2 Å². The average molecular weight is 287 g/mol. The molecule has 21 heavy (non-hydrogen) atoms. The minimum Gasteiger partial charge on any atom is -0.369 e. The second-order valence-corrected chi connectivity index (χ2v) is 5.66. The highest BCUT2D eigenvalue weighted by molar-refractivity contribution is 5.89. The highest BCUT2D eigenvalue weighted by Crippen LogP contribution is 2.20. The van der Waals surface area contributed by atoms with Gasteiger partial charge in [-0.15, -0.1) is 0 Å². The number of rotatable bonds is 7. The fourth-order valence-electron chi connectivity index (χ4n) is 2.18. The summed E-state index contributed by atoms with van der Waals surface area (Å²) in [6.07, 6.45) is 2.27. The molecular formula is C16H25N5. The average Bonchev–Trinajstić information content (AvgIpc) is 2.46. The summed E-state index contributed by atoms with van der Waals surface area (Å²) in [6.45, 7) is 6.44.